The van der Waals surface area contributed by atoms with Crippen LogP contribution in [0.1, 0.15) is 12.0 Å². The van der Waals surface area contributed by atoms with Gasteiger partial charge in [0.05, 0.1) is 7.11 Å². The fourth-order valence-corrected chi connectivity index (χ4v) is 2.13. The molecule has 1 atom stereocenters. The lowest BCUT2D eigenvalue weighted by Gasteiger charge is -2.29. The van der Waals surface area contributed by atoms with Gasteiger partial charge in [0, 0.05) is 19.6 Å². The number of esters is 1. The molecule has 0 heterocycles. The lowest BCUT2D eigenvalue weighted by atomic mass is 9.87. The molecule has 0 spiro atoms. The molecule has 0 radical (unpaired) electrons. The molecule has 5 nitrogen and oxygen atoms in total. The smallest absolute Gasteiger partial charge is 0.330 e. The van der Waals surface area contributed by atoms with E-state index in [9.17, 15) is 4.79 Å². The van der Waals surface area contributed by atoms with Gasteiger partial charge < -0.3 is 20.3 Å². The van der Waals surface area contributed by atoms with Crippen LogP contribution in [0.15, 0.2) is 30.3 Å². The lowest BCUT2D eigenvalue weighted by Crippen LogP contribution is -2.48. The van der Waals surface area contributed by atoms with Crippen LogP contribution in [0.5, 0.6) is 0 Å². The maximum atomic E-state index is 12.1. The van der Waals surface area contributed by atoms with Crippen molar-refractivity contribution in [3.05, 3.63) is 35.9 Å². The summed E-state index contributed by atoms with van der Waals surface area (Å²) in [6.07, 6.45) is 0.521. The van der Waals surface area contributed by atoms with Gasteiger partial charge in [-0.25, -0.2) is 4.79 Å². The van der Waals surface area contributed by atoms with Crippen LogP contribution >= 0.6 is 0 Å². The zero-order valence-corrected chi connectivity index (χ0v) is 13.5. The molecule has 21 heavy (non-hydrogen) atoms. The summed E-state index contributed by atoms with van der Waals surface area (Å²) in [5.41, 5.74) is 6.06. The first kappa shape index (κ1) is 17.6. The van der Waals surface area contributed by atoms with E-state index in [0.29, 0.717) is 6.42 Å². The fraction of sp³-hybridized carbons (Fsp3) is 0.562. The zero-order chi connectivity index (χ0) is 15.9. The number of benzene rings is 1. The van der Waals surface area contributed by atoms with E-state index in [2.05, 4.69) is 9.80 Å². The molecule has 1 rings (SSSR count). The largest absolute Gasteiger partial charge is 0.467 e. The van der Waals surface area contributed by atoms with E-state index in [1.807, 2.05) is 51.5 Å². The van der Waals surface area contributed by atoms with Crippen molar-refractivity contribution in [1.82, 2.24) is 9.80 Å². The Bertz CT molecular complexity index is 436. The summed E-state index contributed by atoms with van der Waals surface area (Å²) in [5, 5.41) is 0. The predicted octanol–water partition coefficient (Wildman–Crippen LogP) is 0.897. The number of hydrogen-bond donors (Lipinski definition) is 1. The Hall–Kier alpha value is -1.43. The second-order valence-electron chi connectivity index (χ2n) is 5.69. The van der Waals surface area contributed by atoms with E-state index in [1.54, 1.807) is 0 Å². The summed E-state index contributed by atoms with van der Waals surface area (Å²) in [5.74, 6) is -0.394. The SMILES string of the molecule is COC(=O)C(N)(CCN(C)CCN(C)C)c1ccccc1. The monoisotopic (exact) mass is 293 g/mol. The summed E-state index contributed by atoms with van der Waals surface area (Å²) in [7, 11) is 7.49. The van der Waals surface area contributed by atoms with E-state index >= 15 is 0 Å². The molecule has 118 valence electrons. The minimum absolute atomic E-state index is 0.394. The van der Waals surface area contributed by atoms with Crippen LogP contribution in [0.4, 0.5) is 0 Å². The molecule has 0 aliphatic rings. The van der Waals surface area contributed by atoms with Crippen LogP contribution in [0.3, 0.4) is 0 Å². The zero-order valence-electron chi connectivity index (χ0n) is 13.5. The Morgan fingerprint density at radius 2 is 1.76 bits per heavy atom. The van der Waals surface area contributed by atoms with Crippen molar-refractivity contribution >= 4 is 5.97 Å². The van der Waals surface area contributed by atoms with Crippen molar-refractivity contribution in [1.29, 1.82) is 0 Å². The Labute approximate surface area is 127 Å². The highest BCUT2D eigenvalue weighted by molar-refractivity contribution is 5.82. The van der Waals surface area contributed by atoms with E-state index in [4.69, 9.17) is 10.5 Å². The van der Waals surface area contributed by atoms with Crippen molar-refractivity contribution in [2.45, 2.75) is 12.0 Å². The molecule has 1 aromatic rings. The van der Waals surface area contributed by atoms with Crippen LogP contribution in [0, 0.1) is 0 Å². The van der Waals surface area contributed by atoms with Gasteiger partial charge in [-0.05, 0) is 33.1 Å². The predicted molar refractivity (Wildman–Crippen MR) is 85.0 cm³/mol. The first-order chi connectivity index (χ1) is 9.90. The van der Waals surface area contributed by atoms with Gasteiger partial charge in [0.25, 0.3) is 0 Å². The third-order valence-electron chi connectivity index (χ3n) is 3.66. The van der Waals surface area contributed by atoms with Gasteiger partial charge in [0.1, 0.15) is 5.54 Å². The van der Waals surface area contributed by atoms with Crippen molar-refractivity contribution in [3.63, 3.8) is 0 Å². The van der Waals surface area contributed by atoms with Crippen LogP contribution < -0.4 is 5.73 Å². The standard InChI is InChI=1S/C16H27N3O2/c1-18(2)12-13-19(3)11-10-16(17,15(20)21-4)14-8-6-5-7-9-14/h5-9H,10-13,17H2,1-4H3. The molecule has 0 fully saturated rings. The molecule has 0 saturated heterocycles. The highest BCUT2D eigenvalue weighted by Crippen LogP contribution is 2.24. The highest BCUT2D eigenvalue weighted by atomic mass is 16.5. The van der Waals surface area contributed by atoms with Gasteiger partial charge >= 0.3 is 5.97 Å². The number of likely N-dealkylation sites (N-methyl/N-ethyl adjacent to an activating group) is 2. The second-order valence-corrected chi connectivity index (χ2v) is 5.69. The van der Waals surface area contributed by atoms with E-state index in [0.717, 1.165) is 25.2 Å². The molecule has 5 heteroatoms. The molecule has 0 aliphatic heterocycles. The first-order valence-electron chi connectivity index (χ1n) is 7.16. The number of methoxy groups -OCH3 is 1. The van der Waals surface area contributed by atoms with Crippen LogP contribution in [-0.2, 0) is 15.1 Å². The Kier molecular flexibility index (Phi) is 6.81. The van der Waals surface area contributed by atoms with Gasteiger partial charge in [-0.15, -0.1) is 0 Å². The first-order valence-corrected chi connectivity index (χ1v) is 7.16. The van der Waals surface area contributed by atoms with E-state index < -0.39 is 11.5 Å². The van der Waals surface area contributed by atoms with Crippen molar-refractivity contribution in [2.24, 2.45) is 5.73 Å². The summed E-state index contributed by atoms with van der Waals surface area (Å²) < 4.78 is 4.91. The van der Waals surface area contributed by atoms with Crippen LogP contribution in [0.2, 0.25) is 0 Å². The third kappa shape index (κ3) is 5.12. The normalized spacial score (nSPS) is 14.2. The molecular formula is C16H27N3O2. The fourth-order valence-electron chi connectivity index (χ4n) is 2.13. The van der Waals surface area contributed by atoms with Crippen molar-refractivity contribution in [2.75, 3.05) is 47.9 Å². The second kappa shape index (κ2) is 8.12. The molecule has 1 unspecified atom stereocenters. The average Bonchev–Trinajstić information content (AvgIpc) is 2.50. The number of hydrogen-bond acceptors (Lipinski definition) is 5. The molecular weight excluding hydrogens is 266 g/mol. The summed E-state index contributed by atoms with van der Waals surface area (Å²) in [6, 6.07) is 9.42. The molecule has 0 aliphatic carbocycles. The van der Waals surface area contributed by atoms with Gasteiger partial charge in [-0.3, -0.25) is 0 Å². The van der Waals surface area contributed by atoms with Crippen LogP contribution in [0.25, 0.3) is 0 Å². The van der Waals surface area contributed by atoms with E-state index in [1.165, 1.54) is 7.11 Å². The van der Waals surface area contributed by atoms with Gasteiger partial charge in [0.15, 0.2) is 0 Å². The van der Waals surface area contributed by atoms with E-state index in [-0.39, 0.29) is 0 Å². The lowest BCUT2D eigenvalue weighted by molar-refractivity contribution is -0.148. The Balaban J connectivity index is 2.74. The third-order valence-corrected chi connectivity index (χ3v) is 3.66. The molecule has 0 saturated carbocycles. The summed E-state index contributed by atoms with van der Waals surface area (Å²) in [6.45, 7) is 2.63. The van der Waals surface area contributed by atoms with Crippen LogP contribution in [-0.4, -0.2) is 63.7 Å². The van der Waals surface area contributed by atoms with Gasteiger partial charge in [0.2, 0.25) is 0 Å². The number of carbonyl (C=O) groups excluding carboxylic acids is 1. The molecule has 0 bridgehead atoms. The van der Waals surface area contributed by atoms with Gasteiger partial charge in [-0.2, -0.15) is 0 Å². The van der Waals surface area contributed by atoms with Crippen molar-refractivity contribution in [3.8, 4) is 0 Å². The maximum Gasteiger partial charge on any atom is 0.330 e. The number of rotatable bonds is 8. The van der Waals surface area contributed by atoms with Crippen molar-refractivity contribution < 1.29 is 9.53 Å². The summed E-state index contributed by atoms with van der Waals surface area (Å²) in [4.78, 5) is 16.4. The maximum absolute atomic E-state index is 12.1. The number of carbonyl (C=O) groups is 1. The molecule has 0 aromatic heterocycles. The summed E-state index contributed by atoms with van der Waals surface area (Å²) >= 11 is 0. The highest BCUT2D eigenvalue weighted by Gasteiger charge is 2.36. The molecule has 0 amide bonds. The number of ether oxygens (including phenoxy) is 1. The quantitative estimate of drug-likeness (QED) is 0.722. The average molecular weight is 293 g/mol. The number of nitrogens with two attached hydrogens (primary N) is 1. The minimum atomic E-state index is -1.09. The number of nitrogens with zero attached hydrogens (tertiary/aromatic N) is 2. The molecule has 1 aromatic carbocycles. The minimum Gasteiger partial charge on any atom is -0.467 e. The Morgan fingerprint density at radius 1 is 1.14 bits per heavy atom. The topological polar surface area (TPSA) is 58.8 Å². The molecule has 2 N–H and O–H groups in total. The van der Waals surface area contributed by atoms with Gasteiger partial charge in [-0.1, -0.05) is 30.3 Å². The Morgan fingerprint density at radius 3 is 2.29 bits per heavy atom.